The molecule has 0 saturated carbocycles. The van der Waals surface area contributed by atoms with E-state index >= 15 is 0 Å². The molecule has 5 heterocycles. The topological polar surface area (TPSA) is 86.9 Å². The van der Waals surface area contributed by atoms with E-state index in [0.717, 1.165) is 60.9 Å². The Labute approximate surface area is 267 Å². The quantitative estimate of drug-likeness (QED) is 0.199. The number of furan rings is 1. The van der Waals surface area contributed by atoms with Gasteiger partial charge >= 0.3 is 0 Å². The van der Waals surface area contributed by atoms with Crippen molar-refractivity contribution in [2.45, 2.75) is 0 Å². The molecule has 0 amide bonds. The largest absolute Gasteiger partial charge is 0.452 e. The van der Waals surface area contributed by atoms with Crippen molar-refractivity contribution < 1.29 is 4.42 Å². The van der Waals surface area contributed by atoms with Gasteiger partial charge < -0.3 is 4.42 Å². The summed E-state index contributed by atoms with van der Waals surface area (Å²) in [7, 11) is 0. The zero-order chi connectivity index (χ0) is 30.9. The van der Waals surface area contributed by atoms with Crippen LogP contribution in [0.25, 0.3) is 89.8 Å². The van der Waals surface area contributed by atoms with Crippen molar-refractivity contribution >= 4 is 49.8 Å². The molecule has 0 spiro atoms. The highest BCUT2D eigenvalue weighted by atomic mass is 16.3. The molecule has 0 bridgehead atoms. The van der Waals surface area contributed by atoms with Gasteiger partial charge in [0.1, 0.15) is 5.58 Å². The Morgan fingerprint density at radius 3 is 1.96 bits per heavy atom. The molecular weight excluding hydrogens is 582 g/mol. The van der Waals surface area contributed by atoms with Gasteiger partial charge in [0.15, 0.2) is 28.9 Å². The third-order valence-electron chi connectivity index (χ3n) is 8.65. The standard InChI is InChI=1S/C39H23N7O/c1-3-12-24(13-4-1)35-42-36(25-14-5-2-6-15-25)44-37(43-35)28-17-11-20-31-33(28)46(39-41-29-18-8-9-19-30(29)45(31)39)38-34-27(22-23-40-38)26-16-7-10-21-32(26)47-34/h1-23H. The maximum absolute atomic E-state index is 6.52. The molecule has 8 nitrogen and oxygen atoms in total. The first-order valence-electron chi connectivity index (χ1n) is 15.4. The number of fused-ring (bicyclic) bond motifs is 8. The molecule has 0 fully saturated rings. The molecule has 0 N–H and O–H groups in total. The number of aromatic nitrogens is 7. The highest BCUT2D eigenvalue weighted by molar-refractivity contribution is 6.08. The Hall–Kier alpha value is -6.67. The fourth-order valence-corrected chi connectivity index (χ4v) is 6.55. The first kappa shape index (κ1) is 25.6. The minimum atomic E-state index is 0.548. The number of rotatable bonds is 4. The summed E-state index contributed by atoms with van der Waals surface area (Å²) in [5.41, 5.74) is 7.81. The summed E-state index contributed by atoms with van der Waals surface area (Å²) in [4.78, 5) is 25.2. The molecule has 0 aliphatic rings. The first-order valence-corrected chi connectivity index (χ1v) is 15.4. The SMILES string of the molecule is c1ccc(-c2nc(-c3ccccc3)nc(-c3cccc4c3n(-c3nccc5c3oc3ccccc35)c3nc5ccccc5n43)n2)cc1. The number of hydrogen-bond donors (Lipinski definition) is 0. The minimum absolute atomic E-state index is 0.548. The number of pyridine rings is 1. The van der Waals surface area contributed by atoms with Crippen molar-refractivity contribution in [3.63, 3.8) is 0 Å². The van der Waals surface area contributed by atoms with Crippen molar-refractivity contribution in [3.05, 3.63) is 140 Å². The Balaban J connectivity index is 1.35. The fourth-order valence-electron chi connectivity index (χ4n) is 6.55. The molecule has 5 aromatic heterocycles. The molecule has 220 valence electrons. The van der Waals surface area contributed by atoms with Crippen LogP contribution in [0.3, 0.4) is 0 Å². The van der Waals surface area contributed by atoms with Crippen LogP contribution in [0.1, 0.15) is 0 Å². The molecule has 0 atom stereocenters. The number of para-hydroxylation sites is 4. The molecule has 0 saturated heterocycles. The monoisotopic (exact) mass is 605 g/mol. The van der Waals surface area contributed by atoms with Crippen LogP contribution in [0.15, 0.2) is 144 Å². The maximum Gasteiger partial charge on any atom is 0.222 e. The van der Waals surface area contributed by atoms with Crippen molar-refractivity contribution in [1.82, 2.24) is 33.9 Å². The Kier molecular flexibility index (Phi) is 5.41. The highest BCUT2D eigenvalue weighted by Crippen LogP contribution is 2.38. The molecular formula is C39H23N7O. The summed E-state index contributed by atoms with van der Waals surface area (Å²) < 4.78 is 10.8. The first-order chi connectivity index (χ1) is 23.3. The molecule has 0 unspecified atom stereocenters. The van der Waals surface area contributed by atoms with Crippen LogP contribution in [0.5, 0.6) is 0 Å². The summed E-state index contributed by atoms with van der Waals surface area (Å²) in [5, 5.41) is 2.02. The van der Waals surface area contributed by atoms with Gasteiger partial charge in [-0.2, -0.15) is 0 Å². The van der Waals surface area contributed by atoms with E-state index in [0.29, 0.717) is 28.9 Å². The predicted octanol–water partition coefficient (Wildman–Crippen LogP) is 8.91. The second-order valence-corrected chi connectivity index (χ2v) is 11.4. The maximum atomic E-state index is 6.52. The highest BCUT2D eigenvalue weighted by Gasteiger charge is 2.25. The lowest BCUT2D eigenvalue weighted by atomic mass is 10.1. The third kappa shape index (κ3) is 3.85. The van der Waals surface area contributed by atoms with Crippen molar-refractivity contribution in [1.29, 1.82) is 0 Å². The van der Waals surface area contributed by atoms with E-state index in [-0.39, 0.29) is 0 Å². The van der Waals surface area contributed by atoms with Gasteiger partial charge in [0, 0.05) is 33.7 Å². The van der Waals surface area contributed by atoms with E-state index in [1.165, 1.54) is 0 Å². The van der Waals surface area contributed by atoms with Crippen LogP contribution in [-0.4, -0.2) is 33.9 Å². The lowest BCUT2D eigenvalue weighted by Crippen LogP contribution is -2.03. The van der Waals surface area contributed by atoms with Crippen LogP contribution >= 0.6 is 0 Å². The van der Waals surface area contributed by atoms with Gasteiger partial charge in [0.2, 0.25) is 5.78 Å². The van der Waals surface area contributed by atoms with Gasteiger partial charge in [-0.3, -0.25) is 8.97 Å². The van der Waals surface area contributed by atoms with Crippen LogP contribution in [0.2, 0.25) is 0 Å². The number of hydrogen-bond acceptors (Lipinski definition) is 6. The number of imidazole rings is 2. The van der Waals surface area contributed by atoms with Gasteiger partial charge in [0.25, 0.3) is 0 Å². The summed E-state index contributed by atoms with van der Waals surface area (Å²) in [6.07, 6.45) is 1.83. The summed E-state index contributed by atoms with van der Waals surface area (Å²) in [5.74, 6) is 3.10. The minimum Gasteiger partial charge on any atom is -0.452 e. The molecule has 0 radical (unpaired) electrons. The molecule has 0 aliphatic heterocycles. The zero-order valence-electron chi connectivity index (χ0n) is 24.8. The summed E-state index contributed by atoms with van der Waals surface area (Å²) >= 11 is 0. The fraction of sp³-hybridized carbons (Fsp3) is 0. The van der Waals surface area contributed by atoms with Gasteiger partial charge in [0.05, 0.1) is 22.1 Å². The van der Waals surface area contributed by atoms with Gasteiger partial charge in [-0.05, 0) is 36.4 Å². The van der Waals surface area contributed by atoms with E-state index in [2.05, 4.69) is 33.2 Å². The average Bonchev–Trinajstić information content (AvgIpc) is 3.81. The van der Waals surface area contributed by atoms with E-state index in [1.807, 2.05) is 115 Å². The lowest BCUT2D eigenvalue weighted by molar-refractivity contribution is 0.663. The lowest BCUT2D eigenvalue weighted by Gasteiger charge is -2.11. The summed E-state index contributed by atoms with van der Waals surface area (Å²) in [6.45, 7) is 0. The Bertz CT molecular complexity index is 2740. The molecule has 10 rings (SSSR count). The smallest absolute Gasteiger partial charge is 0.222 e. The predicted molar refractivity (Wildman–Crippen MR) is 184 cm³/mol. The van der Waals surface area contributed by atoms with E-state index < -0.39 is 0 Å². The Morgan fingerprint density at radius 1 is 0.511 bits per heavy atom. The van der Waals surface area contributed by atoms with Crippen molar-refractivity contribution in [3.8, 4) is 40.0 Å². The van der Waals surface area contributed by atoms with Crippen molar-refractivity contribution in [2.24, 2.45) is 0 Å². The second-order valence-electron chi connectivity index (χ2n) is 11.4. The van der Waals surface area contributed by atoms with Crippen LogP contribution in [0, 0.1) is 0 Å². The normalized spacial score (nSPS) is 11.8. The van der Waals surface area contributed by atoms with Crippen molar-refractivity contribution in [2.75, 3.05) is 0 Å². The van der Waals surface area contributed by atoms with Gasteiger partial charge in [-0.15, -0.1) is 0 Å². The second kappa shape index (κ2) is 9.92. The molecule has 5 aromatic carbocycles. The number of benzene rings is 5. The zero-order valence-corrected chi connectivity index (χ0v) is 24.8. The van der Waals surface area contributed by atoms with E-state index in [4.69, 9.17) is 29.3 Å². The van der Waals surface area contributed by atoms with E-state index in [1.54, 1.807) is 0 Å². The molecule has 0 aliphatic carbocycles. The molecule has 47 heavy (non-hydrogen) atoms. The van der Waals surface area contributed by atoms with E-state index in [9.17, 15) is 0 Å². The van der Waals surface area contributed by atoms with Gasteiger partial charge in [-0.25, -0.2) is 24.9 Å². The average molecular weight is 606 g/mol. The third-order valence-corrected chi connectivity index (χ3v) is 8.65. The molecule has 10 aromatic rings. The van der Waals surface area contributed by atoms with Gasteiger partial charge in [-0.1, -0.05) is 97.1 Å². The summed E-state index contributed by atoms with van der Waals surface area (Å²) in [6, 6.07) is 44.4. The Morgan fingerprint density at radius 2 is 1.17 bits per heavy atom. The molecule has 8 heteroatoms. The van der Waals surface area contributed by atoms with Crippen LogP contribution in [0.4, 0.5) is 0 Å². The van der Waals surface area contributed by atoms with Crippen LogP contribution in [-0.2, 0) is 0 Å². The number of nitrogens with zero attached hydrogens (tertiary/aromatic N) is 7. The van der Waals surface area contributed by atoms with Crippen LogP contribution < -0.4 is 0 Å².